The van der Waals surface area contributed by atoms with Crippen LogP contribution in [0.1, 0.15) is 61.0 Å². The Hall–Kier alpha value is -0.410. The van der Waals surface area contributed by atoms with Crippen molar-refractivity contribution in [2.75, 3.05) is 0 Å². The highest BCUT2D eigenvalue weighted by Crippen LogP contribution is 2.37. The number of nitrogens with two attached hydrogens (primary N) is 1. The second kappa shape index (κ2) is 5.49. The molecule has 0 amide bonds. The molecule has 0 aliphatic heterocycles. The first-order valence-corrected chi connectivity index (χ1v) is 7.59. The van der Waals surface area contributed by atoms with Crippen LogP contribution in [0.15, 0.2) is 0 Å². The summed E-state index contributed by atoms with van der Waals surface area (Å²) in [6.07, 6.45) is 6.00. The zero-order valence-corrected chi connectivity index (χ0v) is 12.0. The van der Waals surface area contributed by atoms with Gasteiger partial charge in [0.1, 0.15) is 0 Å². The number of hydrogen-bond acceptors (Lipinski definition) is 3. The van der Waals surface area contributed by atoms with Gasteiger partial charge in [-0.2, -0.15) is 0 Å². The van der Waals surface area contributed by atoms with Gasteiger partial charge < -0.3 is 5.73 Å². The molecule has 96 valence electrons. The van der Waals surface area contributed by atoms with E-state index in [2.05, 4.69) is 20.8 Å². The van der Waals surface area contributed by atoms with E-state index >= 15 is 0 Å². The molecule has 1 aliphatic carbocycles. The van der Waals surface area contributed by atoms with Crippen LogP contribution in [0.3, 0.4) is 0 Å². The Labute approximate surface area is 109 Å². The smallest absolute Gasteiger partial charge is 0.0933 e. The molecule has 0 unspecified atom stereocenters. The number of aryl methyl sites for hydroxylation is 1. The van der Waals surface area contributed by atoms with Crippen LogP contribution in [-0.4, -0.2) is 11.0 Å². The molecule has 0 saturated heterocycles. The monoisotopic (exact) mass is 252 g/mol. The van der Waals surface area contributed by atoms with Gasteiger partial charge in [0.2, 0.25) is 0 Å². The fourth-order valence-electron chi connectivity index (χ4n) is 2.66. The van der Waals surface area contributed by atoms with Crippen molar-refractivity contribution < 1.29 is 0 Å². The lowest BCUT2D eigenvalue weighted by atomic mass is 9.85. The number of thiazole rings is 1. The van der Waals surface area contributed by atoms with Crippen LogP contribution in [-0.2, 0) is 6.42 Å². The van der Waals surface area contributed by atoms with E-state index in [-0.39, 0.29) is 0 Å². The SMILES string of the molecule is Cc1nc(CC(C)C)sc1C1CCC(N)CC1. The van der Waals surface area contributed by atoms with Gasteiger partial charge >= 0.3 is 0 Å². The summed E-state index contributed by atoms with van der Waals surface area (Å²) >= 11 is 1.94. The highest BCUT2D eigenvalue weighted by atomic mass is 32.1. The molecule has 2 N–H and O–H groups in total. The minimum absolute atomic E-state index is 0.439. The Balaban J connectivity index is 2.07. The average molecular weight is 252 g/mol. The van der Waals surface area contributed by atoms with Crippen molar-refractivity contribution in [2.24, 2.45) is 11.7 Å². The van der Waals surface area contributed by atoms with E-state index in [1.807, 2.05) is 11.3 Å². The lowest BCUT2D eigenvalue weighted by Crippen LogP contribution is -2.25. The predicted molar refractivity (Wildman–Crippen MR) is 74.6 cm³/mol. The van der Waals surface area contributed by atoms with Crippen LogP contribution < -0.4 is 5.73 Å². The minimum atomic E-state index is 0.439. The van der Waals surface area contributed by atoms with Crippen LogP contribution in [0, 0.1) is 12.8 Å². The summed E-state index contributed by atoms with van der Waals surface area (Å²) in [6, 6.07) is 0.439. The molecule has 1 aromatic rings. The number of nitrogens with zero attached hydrogens (tertiary/aromatic N) is 1. The van der Waals surface area contributed by atoms with Crippen molar-refractivity contribution in [1.82, 2.24) is 4.98 Å². The highest BCUT2D eigenvalue weighted by Gasteiger charge is 2.23. The van der Waals surface area contributed by atoms with E-state index < -0.39 is 0 Å². The van der Waals surface area contributed by atoms with Gasteiger partial charge in [-0.05, 0) is 44.4 Å². The Morgan fingerprint density at radius 2 is 1.94 bits per heavy atom. The van der Waals surface area contributed by atoms with E-state index in [9.17, 15) is 0 Å². The third kappa shape index (κ3) is 3.29. The van der Waals surface area contributed by atoms with Crippen LogP contribution in [0.2, 0.25) is 0 Å². The van der Waals surface area contributed by atoms with Crippen molar-refractivity contribution >= 4 is 11.3 Å². The summed E-state index contributed by atoms with van der Waals surface area (Å²) in [6.45, 7) is 6.69. The maximum Gasteiger partial charge on any atom is 0.0933 e. The van der Waals surface area contributed by atoms with Crippen LogP contribution in [0.5, 0.6) is 0 Å². The molecule has 1 fully saturated rings. The lowest BCUT2D eigenvalue weighted by molar-refractivity contribution is 0.398. The van der Waals surface area contributed by atoms with E-state index in [0.29, 0.717) is 12.0 Å². The Morgan fingerprint density at radius 3 is 2.53 bits per heavy atom. The lowest BCUT2D eigenvalue weighted by Gasteiger charge is -2.25. The summed E-state index contributed by atoms with van der Waals surface area (Å²) in [5.74, 6) is 1.43. The Kier molecular flexibility index (Phi) is 4.21. The largest absolute Gasteiger partial charge is 0.328 e. The zero-order chi connectivity index (χ0) is 12.4. The number of hydrogen-bond donors (Lipinski definition) is 1. The fraction of sp³-hybridized carbons (Fsp3) is 0.786. The van der Waals surface area contributed by atoms with E-state index in [0.717, 1.165) is 12.3 Å². The molecule has 1 aliphatic rings. The Morgan fingerprint density at radius 1 is 1.29 bits per heavy atom. The van der Waals surface area contributed by atoms with Gasteiger partial charge in [0.15, 0.2) is 0 Å². The van der Waals surface area contributed by atoms with Crippen molar-refractivity contribution in [3.63, 3.8) is 0 Å². The number of rotatable bonds is 3. The van der Waals surface area contributed by atoms with Crippen LogP contribution >= 0.6 is 11.3 Å². The van der Waals surface area contributed by atoms with Crippen LogP contribution in [0.25, 0.3) is 0 Å². The normalized spacial score (nSPS) is 25.5. The first-order valence-electron chi connectivity index (χ1n) is 6.78. The summed E-state index contributed by atoms with van der Waals surface area (Å²) < 4.78 is 0. The first kappa shape index (κ1) is 13.0. The minimum Gasteiger partial charge on any atom is -0.328 e. The predicted octanol–water partition coefficient (Wildman–Crippen LogP) is 3.63. The standard InChI is InChI=1S/C14H24N2S/c1-9(2)8-13-16-10(3)14(17-13)11-4-6-12(15)7-5-11/h9,11-12H,4-8,15H2,1-3H3. The van der Waals surface area contributed by atoms with E-state index in [1.54, 1.807) is 0 Å². The topological polar surface area (TPSA) is 38.9 Å². The molecule has 0 atom stereocenters. The second-order valence-corrected chi connectivity index (χ2v) is 6.88. The molecule has 0 bridgehead atoms. The van der Waals surface area contributed by atoms with Gasteiger partial charge in [-0.25, -0.2) is 4.98 Å². The first-order chi connectivity index (χ1) is 8.06. The quantitative estimate of drug-likeness (QED) is 0.892. The maximum atomic E-state index is 5.97. The molecule has 1 aromatic heterocycles. The molecule has 1 heterocycles. The van der Waals surface area contributed by atoms with Gasteiger partial charge in [-0.15, -0.1) is 11.3 Å². The maximum absolute atomic E-state index is 5.97. The number of aromatic nitrogens is 1. The molecule has 2 nitrogen and oxygen atoms in total. The van der Waals surface area contributed by atoms with E-state index in [1.165, 1.54) is 41.3 Å². The summed E-state index contributed by atoms with van der Waals surface area (Å²) in [5, 5.41) is 1.32. The fourth-order valence-corrected chi connectivity index (χ4v) is 4.11. The second-order valence-electron chi connectivity index (χ2n) is 5.77. The Bertz CT molecular complexity index is 362. The van der Waals surface area contributed by atoms with Gasteiger partial charge in [-0.1, -0.05) is 13.8 Å². The van der Waals surface area contributed by atoms with Crippen LogP contribution in [0.4, 0.5) is 0 Å². The molecule has 0 spiro atoms. The summed E-state index contributed by atoms with van der Waals surface area (Å²) in [7, 11) is 0. The molecule has 3 heteroatoms. The molecule has 17 heavy (non-hydrogen) atoms. The van der Waals surface area contributed by atoms with Gasteiger partial charge in [0.05, 0.1) is 10.7 Å². The van der Waals surface area contributed by atoms with Crippen molar-refractivity contribution in [3.8, 4) is 0 Å². The zero-order valence-electron chi connectivity index (χ0n) is 11.2. The third-order valence-corrected chi connectivity index (χ3v) is 4.94. The molecule has 2 rings (SSSR count). The summed E-state index contributed by atoms with van der Waals surface area (Å²) in [5.41, 5.74) is 7.24. The van der Waals surface area contributed by atoms with Crippen molar-refractivity contribution in [2.45, 2.75) is 64.8 Å². The molecule has 0 radical (unpaired) electrons. The molecule has 0 aromatic carbocycles. The van der Waals surface area contributed by atoms with Gasteiger partial charge in [-0.3, -0.25) is 0 Å². The molecule has 1 saturated carbocycles. The summed E-state index contributed by atoms with van der Waals surface area (Å²) in [4.78, 5) is 6.27. The highest BCUT2D eigenvalue weighted by molar-refractivity contribution is 7.11. The van der Waals surface area contributed by atoms with Crippen molar-refractivity contribution in [1.29, 1.82) is 0 Å². The van der Waals surface area contributed by atoms with Gasteiger partial charge in [0, 0.05) is 17.3 Å². The molecular formula is C14H24N2S. The third-order valence-electron chi connectivity index (χ3n) is 3.60. The van der Waals surface area contributed by atoms with Gasteiger partial charge in [0.25, 0.3) is 0 Å². The van der Waals surface area contributed by atoms with Crippen molar-refractivity contribution in [3.05, 3.63) is 15.6 Å². The molecular weight excluding hydrogens is 228 g/mol. The van der Waals surface area contributed by atoms with E-state index in [4.69, 9.17) is 10.7 Å². The average Bonchev–Trinajstić information content (AvgIpc) is 2.59.